The highest BCUT2D eigenvalue weighted by atomic mass is 19.4. The van der Waals surface area contributed by atoms with E-state index in [1.54, 1.807) is 5.32 Å². The molecule has 0 heterocycles. The largest absolute Gasteiger partial charge is 0.415 e. The maximum atomic E-state index is 12.4. The van der Waals surface area contributed by atoms with Crippen LogP contribution in [0.4, 0.5) is 26.3 Å². The summed E-state index contributed by atoms with van der Waals surface area (Å²) in [5.74, 6) is 0. The van der Waals surface area contributed by atoms with Gasteiger partial charge >= 0.3 is 12.4 Å². The van der Waals surface area contributed by atoms with Gasteiger partial charge in [-0.25, -0.2) is 0 Å². The third-order valence-corrected chi connectivity index (χ3v) is 2.64. The van der Waals surface area contributed by atoms with Gasteiger partial charge in [0.2, 0.25) is 5.54 Å². The number of nitrogens with one attached hydrogen (secondary N) is 1. The van der Waals surface area contributed by atoms with Gasteiger partial charge in [0.1, 0.15) is 0 Å². The molecule has 0 amide bonds. The first-order chi connectivity index (χ1) is 7.56. The molecular formula is C10H17F6N. The van der Waals surface area contributed by atoms with Crippen LogP contribution in [0, 0.1) is 0 Å². The van der Waals surface area contributed by atoms with Crippen molar-refractivity contribution >= 4 is 0 Å². The summed E-state index contributed by atoms with van der Waals surface area (Å²) >= 11 is 0. The molecule has 0 fully saturated rings. The molecule has 0 aromatic rings. The van der Waals surface area contributed by atoms with E-state index in [0.29, 0.717) is 12.8 Å². The minimum absolute atomic E-state index is 0.132. The lowest BCUT2D eigenvalue weighted by atomic mass is 10.0. The quantitative estimate of drug-likeness (QED) is 0.564. The van der Waals surface area contributed by atoms with Crippen molar-refractivity contribution in [2.45, 2.75) is 57.4 Å². The highest BCUT2D eigenvalue weighted by molar-refractivity contribution is 4.97. The average Bonchev–Trinajstić information content (AvgIpc) is 2.13. The molecule has 0 aliphatic heterocycles. The minimum Gasteiger partial charge on any atom is -0.296 e. The summed E-state index contributed by atoms with van der Waals surface area (Å²) in [6, 6.07) is 0. The van der Waals surface area contributed by atoms with Crippen molar-refractivity contribution < 1.29 is 26.3 Å². The second-order valence-corrected chi connectivity index (χ2v) is 4.11. The summed E-state index contributed by atoms with van der Waals surface area (Å²) < 4.78 is 74.4. The van der Waals surface area contributed by atoms with E-state index in [4.69, 9.17) is 0 Å². The van der Waals surface area contributed by atoms with Crippen molar-refractivity contribution in [2.75, 3.05) is 6.54 Å². The Morgan fingerprint density at radius 2 is 1.29 bits per heavy atom. The summed E-state index contributed by atoms with van der Waals surface area (Å²) in [5.41, 5.74) is -3.83. The Kier molecular flexibility index (Phi) is 5.77. The Labute approximate surface area is 96.6 Å². The SMILES string of the molecule is CCCCCCNC(C)(C(F)(F)F)C(F)(F)F. The van der Waals surface area contributed by atoms with Gasteiger partial charge in [0.15, 0.2) is 0 Å². The highest BCUT2D eigenvalue weighted by Gasteiger charge is 2.67. The number of hydrogen-bond acceptors (Lipinski definition) is 1. The molecule has 0 aromatic heterocycles. The van der Waals surface area contributed by atoms with Crippen molar-refractivity contribution in [1.82, 2.24) is 5.32 Å². The zero-order chi connectivity index (χ0) is 13.7. The van der Waals surface area contributed by atoms with Gasteiger partial charge in [0, 0.05) is 0 Å². The lowest BCUT2D eigenvalue weighted by molar-refractivity contribution is -0.301. The maximum Gasteiger partial charge on any atom is 0.415 e. The van der Waals surface area contributed by atoms with Crippen LogP contribution in [-0.4, -0.2) is 24.4 Å². The van der Waals surface area contributed by atoms with Crippen molar-refractivity contribution in [3.63, 3.8) is 0 Å². The molecule has 7 heteroatoms. The van der Waals surface area contributed by atoms with Gasteiger partial charge in [-0.1, -0.05) is 26.2 Å². The number of hydrogen-bond donors (Lipinski definition) is 1. The Balaban J connectivity index is 4.44. The van der Waals surface area contributed by atoms with Crippen LogP contribution in [0.1, 0.15) is 39.5 Å². The smallest absolute Gasteiger partial charge is 0.296 e. The third-order valence-electron chi connectivity index (χ3n) is 2.64. The van der Waals surface area contributed by atoms with Crippen LogP contribution in [0.2, 0.25) is 0 Å². The number of halogens is 6. The Bertz CT molecular complexity index is 206. The highest BCUT2D eigenvalue weighted by Crippen LogP contribution is 2.42. The van der Waals surface area contributed by atoms with Gasteiger partial charge in [-0.05, 0) is 19.9 Å². The Hall–Kier alpha value is -0.460. The van der Waals surface area contributed by atoms with E-state index in [2.05, 4.69) is 0 Å². The van der Waals surface area contributed by atoms with Crippen LogP contribution in [-0.2, 0) is 0 Å². The molecule has 0 aromatic carbocycles. The van der Waals surface area contributed by atoms with Crippen molar-refractivity contribution in [1.29, 1.82) is 0 Å². The fourth-order valence-corrected chi connectivity index (χ4v) is 1.25. The Morgan fingerprint density at radius 1 is 0.824 bits per heavy atom. The lowest BCUT2D eigenvalue weighted by Gasteiger charge is -2.34. The zero-order valence-electron chi connectivity index (χ0n) is 9.80. The van der Waals surface area contributed by atoms with E-state index in [-0.39, 0.29) is 13.5 Å². The van der Waals surface area contributed by atoms with Crippen molar-refractivity contribution in [2.24, 2.45) is 0 Å². The van der Waals surface area contributed by atoms with Crippen LogP contribution in [0.3, 0.4) is 0 Å². The predicted octanol–water partition coefficient (Wildman–Crippen LogP) is 4.04. The summed E-state index contributed by atoms with van der Waals surface area (Å²) in [7, 11) is 0. The molecule has 1 nitrogen and oxygen atoms in total. The summed E-state index contributed by atoms with van der Waals surface area (Å²) in [4.78, 5) is 0. The van der Waals surface area contributed by atoms with E-state index in [1.165, 1.54) is 0 Å². The molecule has 0 unspecified atom stereocenters. The van der Waals surface area contributed by atoms with E-state index in [0.717, 1.165) is 12.8 Å². The van der Waals surface area contributed by atoms with E-state index >= 15 is 0 Å². The molecule has 0 saturated carbocycles. The fraction of sp³-hybridized carbons (Fsp3) is 1.00. The first kappa shape index (κ1) is 16.5. The lowest BCUT2D eigenvalue weighted by Crippen LogP contribution is -2.64. The molecule has 0 aliphatic rings. The molecule has 17 heavy (non-hydrogen) atoms. The summed E-state index contributed by atoms with van der Waals surface area (Å²) in [6.45, 7) is 1.74. The Morgan fingerprint density at radius 3 is 1.65 bits per heavy atom. The summed E-state index contributed by atoms with van der Waals surface area (Å²) in [6.07, 6.45) is -8.11. The molecule has 104 valence electrons. The van der Waals surface area contributed by atoms with Gasteiger partial charge in [-0.2, -0.15) is 26.3 Å². The van der Waals surface area contributed by atoms with Crippen LogP contribution in [0.25, 0.3) is 0 Å². The zero-order valence-corrected chi connectivity index (χ0v) is 9.80. The normalized spacial score (nSPS) is 14.1. The molecule has 0 rings (SSSR count). The van der Waals surface area contributed by atoms with E-state index in [1.807, 2.05) is 6.92 Å². The first-order valence-electron chi connectivity index (χ1n) is 5.44. The second-order valence-electron chi connectivity index (χ2n) is 4.11. The second kappa shape index (κ2) is 5.93. The van der Waals surface area contributed by atoms with Crippen LogP contribution in [0.5, 0.6) is 0 Å². The molecule has 0 bridgehead atoms. The summed E-state index contributed by atoms with van der Waals surface area (Å²) in [5, 5.41) is 1.58. The maximum absolute atomic E-state index is 12.4. The van der Waals surface area contributed by atoms with Crippen LogP contribution in [0.15, 0.2) is 0 Å². The molecule has 0 aliphatic carbocycles. The number of rotatable bonds is 6. The topological polar surface area (TPSA) is 12.0 Å². The first-order valence-corrected chi connectivity index (χ1v) is 5.44. The van der Waals surface area contributed by atoms with Gasteiger partial charge in [0.25, 0.3) is 0 Å². The van der Waals surface area contributed by atoms with Gasteiger partial charge in [-0.15, -0.1) is 0 Å². The predicted molar refractivity (Wildman–Crippen MR) is 52.7 cm³/mol. The third kappa shape index (κ3) is 4.37. The van der Waals surface area contributed by atoms with Crippen LogP contribution >= 0.6 is 0 Å². The van der Waals surface area contributed by atoms with E-state index in [9.17, 15) is 26.3 Å². The molecule has 1 N–H and O–H groups in total. The van der Waals surface area contributed by atoms with E-state index < -0.39 is 17.9 Å². The molecule has 0 radical (unpaired) electrons. The monoisotopic (exact) mass is 265 g/mol. The minimum atomic E-state index is -5.35. The average molecular weight is 265 g/mol. The molecular weight excluding hydrogens is 248 g/mol. The fourth-order valence-electron chi connectivity index (χ4n) is 1.25. The standard InChI is InChI=1S/C10H17F6N/c1-3-4-5-6-7-17-8(2,9(11,12)13)10(14,15)16/h17H,3-7H2,1-2H3. The molecule has 0 spiro atoms. The number of alkyl halides is 6. The molecule has 0 atom stereocenters. The molecule has 0 saturated heterocycles. The van der Waals surface area contributed by atoms with Gasteiger partial charge in [-0.3, -0.25) is 5.32 Å². The van der Waals surface area contributed by atoms with Gasteiger partial charge in [0.05, 0.1) is 0 Å². The van der Waals surface area contributed by atoms with Crippen molar-refractivity contribution in [3.05, 3.63) is 0 Å². The van der Waals surface area contributed by atoms with Crippen molar-refractivity contribution in [3.8, 4) is 0 Å². The van der Waals surface area contributed by atoms with Gasteiger partial charge < -0.3 is 0 Å². The van der Waals surface area contributed by atoms with Crippen LogP contribution < -0.4 is 5.32 Å². The number of unbranched alkanes of at least 4 members (excludes halogenated alkanes) is 3.